The van der Waals surface area contributed by atoms with Crippen molar-refractivity contribution in [2.45, 2.75) is 13.0 Å². The van der Waals surface area contributed by atoms with Crippen LogP contribution in [-0.4, -0.2) is 57.5 Å². The molecule has 2 aromatic rings. The highest BCUT2D eigenvalue weighted by Gasteiger charge is 2.30. The molecule has 0 aliphatic carbocycles. The Bertz CT molecular complexity index is 909. The Morgan fingerprint density at radius 3 is 2.67 bits per heavy atom. The number of rotatable bonds is 2. The van der Waals surface area contributed by atoms with Crippen LogP contribution in [0, 0.1) is 11.2 Å². The molecule has 9 heteroatoms. The zero-order valence-electron chi connectivity index (χ0n) is 14.4. The second kappa shape index (κ2) is 7.70. The van der Waals surface area contributed by atoms with Gasteiger partial charge in [0.1, 0.15) is 16.8 Å². The average molecular weight is 411 g/mol. The van der Waals surface area contributed by atoms with Gasteiger partial charge in [-0.3, -0.25) is 5.41 Å². The Balaban J connectivity index is 1.90. The van der Waals surface area contributed by atoms with Crippen LogP contribution in [0.1, 0.15) is 12.5 Å². The highest BCUT2D eigenvalue weighted by molar-refractivity contribution is 6.36. The molecule has 1 aromatic heterocycles. The van der Waals surface area contributed by atoms with Crippen LogP contribution < -0.4 is 0 Å². The van der Waals surface area contributed by atoms with Crippen molar-refractivity contribution in [3.63, 3.8) is 0 Å². The quantitative estimate of drug-likeness (QED) is 0.441. The number of hydrogen-bond donors (Lipinski definition) is 2. The largest absolute Gasteiger partial charge is 0.465 e. The maximum absolute atomic E-state index is 14.0. The molecule has 1 aliphatic heterocycles. The molecule has 0 spiro atoms. The van der Waals surface area contributed by atoms with Gasteiger partial charge in [0.25, 0.3) is 0 Å². The topological polar surface area (TPSA) is 80.5 Å². The summed E-state index contributed by atoms with van der Waals surface area (Å²) in [5, 5.41) is 17.8. The number of amidine groups is 1. The van der Waals surface area contributed by atoms with Crippen molar-refractivity contribution in [3.8, 4) is 11.3 Å². The van der Waals surface area contributed by atoms with Gasteiger partial charge < -0.3 is 14.9 Å². The molecule has 0 saturated carbocycles. The number of hydrogen-bond acceptors (Lipinski definition) is 3. The highest BCUT2D eigenvalue weighted by atomic mass is 35.5. The molecule has 1 unspecified atom stereocenters. The molecule has 142 valence electrons. The third-order valence-electron chi connectivity index (χ3n) is 4.50. The molecule has 1 aliphatic rings. The van der Waals surface area contributed by atoms with E-state index < -0.39 is 11.9 Å². The van der Waals surface area contributed by atoms with E-state index in [0.29, 0.717) is 12.1 Å². The van der Waals surface area contributed by atoms with E-state index in [0.717, 1.165) is 0 Å². The molecule has 2 N–H and O–H groups in total. The molecule has 2 heterocycles. The van der Waals surface area contributed by atoms with Crippen LogP contribution in [0.25, 0.3) is 11.3 Å². The normalized spacial score (nSPS) is 17.1. The number of aromatic nitrogens is 1. The van der Waals surface area contributed by atoms with Crippen molar-refractivity contribution < 1.29 is 14.3 Å². The number of pyridine rings is 1. The summed E-state index contributed by atoms with van der Waals surface area (Å²) in [6, 6.07) is 7.39. The Hall–Kier alpha value is -2.38. The van der Waals surface area contributed by atoms with Gasteiger partial charge in [0.05, 0.1) is 16.3 Å². The SMILES string of the molecule is CC1CN(C(=O)O)CCN1C(=N)c1cc(Cl)c(-c2ccccc2F)nc1Cl. The minimum Gasteiger partial charge on any atom is -0.465 e. The molecule has 0 radical (unpaired) electrons. The number of nitrogens with one attached hydrogen (secondary N) is 1. The fourth-order valence-corrected chi connectivity index (χ4v) is 3.57. The number of carbonyl (C=O) groups is 1. The van der Waals surface area contributed by atoms with Crippen molar-refractivity contribution in [1.82, 2.24) is 14.8 Å². The van der Waals surface area contributed by atoms with Gasteiger partial charge in [0, 0.05) is 31.2 Å². The Morgan fingerprint density at radius 1 is 1.33 bits per heavy atom. The van der Waals surface area contributed by atoms with Gasteiger partial charge in [0.15, 0.2) is 0 Å². The molecule has 0 bridgehead atoms. The zero-order valence-corrected chi connectivity index (χ0v) is 15.9. The number of piperazine rings is 1. The first-order valence-corrected chi connectivity index (χ1v) is 8.99. The lowest BCUT2D eigenvalue weighted by atomic mass is 10.1. The molecule has 1 saturated heterocycles. The molecule has 6 nitrogen and oxygen atoms in total. The maximum Gasteiger partial charge on any atom is 0.407 e. The van der Waals surface area contributed by atoms with E-state index in [2.05, 4.69) is 4.98 Å². The molecule has 3 rings (SSSR count). The summed E-state index contributed by atoms with van der Waals surface area (Å²) < 4.78 is 14.0. The lowest BCUT2D eigenvalue weighted by Gasteiger charge is -2.40. The van der Waals surface area contributed by atoms with Gasteiger partial charge in [0.2, 0.25) is 0 Å². The highest BCUT2D eigenvalue weighted by Crippen LogP contribution is 2.32. The number of carboxylic acid groups (broad SMARTS) is 1. The monoisotopic (exact) mass is 410 g/mol. The summed E-state index contributed by atoms with van der Waals surface area (Å²) in [6.45, 7) is 2.76. The fourth-order valence-electron chi connectivity index (χ4n) is 3.09. The van der Waals surface area contributed by atoms with Gasteiger partial charge >= 0.3 is 6.09 Å². The second-order valence-electron chi connectivity index (χ2n) is 6.26. The summed E-state index contributed by atoms with van der Waals surface area (Å²) in [5.74, 6) is -0.365. The van der Waals surface area contributed by atoms with Crippen LogP contribution in [0.15, 0.2) is 30.3 Å². The smallest absolute Gasteiger partial charge is 0.407 e. The minimum absolute atomic E-state index is 0.0375. The number of nitrogens with zero attached hydrogens (tertiary/aromatic N) is 3. The molecule has 1 fully saturated rings. The molecular formula is C18H17Cl2FN4O2. The van der Waals surface area contributed by atoms with Gasteiger partial charge in [-0.2, -0.15) is 0 Å². The van der Waals surface area contributed by atoms with Crippen molar-refractivity contribution in [2.75, 3.05) is 19.6 Å². The third kappa shape index (κ3) is 3.84. The molecule has 1 aromatic carbocycles. The molecular weight excluding hydrogens is 394 g/mol. The van der Waals surface area contributed by atoms with Crippen LogP contribution in [0.4, 0.5) is 9.18 Å². The Kier molecular flexibility index (Phi) is 5.53. The molecule has 27 heavy (non-hydrogen) atoms. The minimum atomic E-state index is -0.981. The van der Waals surface area contributed by atoms with Crippen LogP contribution in [0.5, 0.6) is 0 Å². The summed E-state index contributed by atoms with van der Waals surface area (Å²) in [5.41, 5.74) is 0.753. The predicted octanol–water partition coefficient (Wildman–Crippen LogP) is 4.20. The number of benzene rings is 1. The summed E-state index contributed by atoms with van der Waals surface area (Å²) >= 11 is 12.6. The van der Waals surface area contributed by atoms with E-state index in [1.54, 1.807) is 23.1 Å². The summed E-state index contributed by atoms with van der Waals surface area (Å²) in [4.78, 5) is 18.4. The van der Waals surface area contributed by atoms with Gasteiger partial charge in [-0.25, -0.2) is 14.2 Å². The van der Waals surface area contributed by atoms with Crippen LogP contribution >= 0.6 is 23.2 Å². The number of halogens is 3. The van der Waals surface area contributed by atoms with Gasteiger partial charge in [-0.1, -0.05) is 35.3 Å². The van der Waals surface area contributed by atoms with Crippen LogP contribution in [-0.2, 0) is 0 Å². The van der Waals surface area contributed by atoms with Gasteiger partial charge in [-0.15, -0.1) is 0 Å². The summed E-state index contributed by atoms with van der Waals surface area (Å²) in [6.07, 6.45) is -0.981. The van der Waals surface area contributed by atoms with Crippen LogP contribution in [0.3, 0.4) is 0 Å². The van der Waals surface area contributed by atoms with E-state index in [1.807, 2.05) is 6.92 Å². The van der Waals surface area contributed by atoms with Crippen molar-refractivity contribution in [2.24, 2.45) is 0 Å². The molecule has 1 amide bonds. The number of amides is 1. The lowest BCUT2D eigenvalue weighted by molar-refractivity contribution is 0.105. The van der Waals surface area contributed by atoms with Crippen molar-refractivity contribution >= 4 is 35.1 Å². The lowest BCUT2D eigenvalue weighted by Crippen LogP contribution is -2.55. The summed E-state index contributed by atoms with van der Waals surface area (Å²) in [7, 11) is 0. The van der Waals surface area contributed by atoms with E-state index in [4.69, 9.17) is 33.7 Å². The Morgan fingerprint density at radius 2 is 2.04 bits per heavy atom. The maximum atomic E-state index is 14.0. The van der Waals surface area contributed by atoms with E-state index in [1.165, 1.54) is 17.0 Å². The van der Waals surface area contributed by atoms with Crippen LogP contribution in [0.2, 0.25) is 10.2 Å². The first-order chi connectivity index (χ1) is 12.8. The Labute approximate surface area is 165 Å². The van der Waals surface area contributed by atoms with Crippen molar-refractivity contribution in [3.05, 3.63) is 51.9 Å². The zero-order chi connectivity index (χ0) is 19.7. The molecule has 1 atom stereocenters. The average Bonchev–Trinajstić information content (AvgIpc) is 2.63. The third-order valence-corrected chi connectivity index (χ3v) is 5.08. The van der Waals surface area contributed by atoms with Gasteiger partial charge in [-0.05, 0) is 25.1 Å². The first-order valence-electron chi connectivity index (χ1n) is 8.24. The fraction of sp³-hybridized carbons (Fsp3) is 0.278. The van der Waals surface area contributed by atoms with E-state index in [-0.39, 0.29) is 46.4 Å². The van der Waals surface area contributed by atoms with E-state index in [9.17, 15) is 9.18 Å². The van der Waals surface area contributed by atoms with E-state index >= 15 is 0 Å². The second-order valence-corrected chi connectivity index (χ2v) is 7.02. The predicted molar refractivity (Wildman–Crippen MR) is 102 cm³/mol. The standard InChI is InChI=1S/C18H17Cl2FN4O2/c1-10-9-24(18(26)27)6-7-25(10)17(22)12-8-13(19)15(23-16(12)20)11-4-2-3-5-14(11)21/h2-5,8,10,22H,6-7,9H2,1H3,(H,26,27). The van der Waals surface area contributed by atoms with Crippen molar-refractivity contribution in [1.29, 1.82) is 5.41 Å². The first kappa shape index (κ1) is 19.4.